The van der Waals surface area contributed by atoms with Crippen LogP contribution in [0.1, 0.15) is 6.42 Å². The Bertz CT molecular complexity index is 552. The van der Waals surface area contributed by atoms with E-state index < -0.39 is 9.84 Å². The number of hydrogen-bond acceptors (Lipinski definition) is 4. The molecule has 19 heavy (non-hydrogen) atoms. The Kier molecular flexibility index (Phi) is 5.57. The fourth-order valence-electron chi connectivity index (χ4n) is 1.32. The molecule has 0 radical (unpaired) electrons. The highest BCUT2D eigenvalue weighted by Crippen LogP contribution is 2.17. The zero-order valence-electron chi connectivity index (χ0n) is 10.8. The Morgan fingerprint density at radius 1 is 1.47 bits per heavy atom. The first kappa shape index (κ1) is 15.2. The highest BCUT2D eigenvalue weighted by molar-refractivity contribution is 7.90. The van der Waals surface area contributed by atoms with Crippen molar-refractivity contribution in [1.29, 1.82) is 0 Å². The van der Waals surface area contributed by atoms with Gasteiger partial charge in [-0.2, -0.15) is 0 Å². The lowest BCUT2D eigenvalue weighted by atomic mass is 10.3. The fourth-order valence-corrected chi connectivity index (χ4v) is 1.88. The van der Waals surface area contributed by atoms with E-state index >= 15 is 0 Å². The van der Waals surface area contributed by atoms with E-state index in [1.54, 1.807) is 30.3 Å². The lowest BCUT2D eigenvalue weighted by Gasteiger charge is -2.07. The molecule has 1 aromatic rings. The zero-order chi connectivity index (χ0) is 14.3. The van der Waals surface area contributed by atoms with E-state index in [2.05, 4.69) is 11.9 Å². The number of hydrogen-bond donors (Lipinski definition) is 1. The highest BCUT2D eigenvalue weighted by Gasteiger charge is 2.08. The van der Waals surface area contributed by atoms with Gasteiger partial charge in [0.25, 0.3) is 0 Å². The summed E-state index contributed by atoms with van der Waals surface area (Å²) in [6, 6.07) is 6.88. The topological polar surface area (TPSA) is 72.5 Å². The number of carbonyl (C=O) groups excluding carboxylic acids is 1. The maximum Gasteiger partial charge on any atom is 0.225 e. The number of benzene rings is 1. The van der Waals surface area contributed by atoms with Crippen molar-refractivity contribution in [2.75, 3.05) is 23.9 Å². The third-order valence-electron chi connectivity index (χ3n) is 2.19. The minimum atomic E-state index is -3.13. The number of ether oxygens (including phenoxy) is 1. The molecular weight excluding hydrogens is 266 g/mol. The van der Waals surface area contributed by atoms with E-state index in [9.17, 15) is 13.2 Å². The van der Waals surface area contributed by atoms with Crippen LogP contribution >= 0.6 is 0 Å². The summed E-state index contributed by atoms with van der Waals surface area (Å²) in [6.45, 7) is 3.92. The minimum absolute atomic E-state index is 0.0590. The molecule has 0 atom stereocenters. The molecule has 5 nitrogen and oxygen atoms in total. The van der Waals surface area contributed by atoms with Crippen LogP contribution in [0.15, 0.2) is 36.9 Å². The van der Waals surface area contributed by atoms with Crippen LogP contribution < -0.4 is 10.1 Å². The first-order valence-corrected chi connectivity index (χ1v) is 7.78. The van der Waals surface area contributed by atoms with E-state index in [0.29, 0.717) is 18.0 Å². The first-order valence-electron chi connectivity index (χ1n) is 5.72. The summed E-state index contributed by atoms with van der Waals surface area (Å²) in [5, 5.41) is 2.62. The van der Waals surface area contributed by atoms with Gasteiger partial charge in [0.2, 0.25) is 5.91 Å². The quantitative estimate of drug-likeness (QED) is 0.772. The van der Waals surface area contributed by atoms with Crippen molar-refractivity contribution >= 4 is 21.4 Å². The molecule has 0 saturated carbocycles. The van der Waals surface area contributed by atoms with Crippen molar-refractivity contribution in [2.24, 2.45) is 0 Å². The second-order valence-electron chi connectivity index (χ2n) is 4.06. The lowest BCUT2D eigenvalue weighted by molar-refractivity contribution is -0.115. The maximum atomic E-state index is 11.6. The van der Waals surface area contributed by atoms with Gasteiger partial charge in [0.1, 0.15) is 22.2 Å². The second kappa shape index (κ2) is 6.94. The Balaban J connectivity index is 2.56. The predicted molar refractivity (Wildman–Crippen MR) is 75.1 cm³/mol. The van der Waals surface area contributed by atoms with Crippen LogP contribution in [0.4, 0.5) is 5.69 Å². The normalized spacial score (nSPS) is 10.8. The average Bonchev–Trinajstić information content (AvgIpc) is 2.33. The molecule has 1 rings (SSSR count). The fraction of sp³-hybridized carbons (Fsp3) is 0.308. The van der Waals surface area contributed by atoms with Crippen molar-refractivity contribution in [3.05, 3.63) is 36.9 Å². The molecule has 0 aliphatic carbocycles. The summed E-state index contributed by atoms with van der Waals surface area (Å²) in [5.74, 6) is 0.109. The number of carbonyl (C=O) groups is 1. The van der Waals surface area contributed by atoms with Crippen molar-refractivity contribution in [1.82, 2.24) is 0 Å². The summed E-state index contributed by atoms with van der Waals surface area (Å²) in [7, 11) is -3.13. The summed E-state index contributed by atoms with van der Waals surface area (Å²) < 4.78 is 27.2. The molecule has 104 valence electrons. The summed E-state index contributed by atoms with van der Waals surface area (Å²) in [6.07, 6.45) is 2.66. The Hall–Kier alpha value is -1.82. The average molecular weight is 283 g/mol. The summed E-state index contributed by atoms with van der Waals surface area (Å²) >= 11 is 0. The molecule has 1 aromatic carbocycles. The molecule has 0 spiro atoms. The largest absolute Gasteiger partial charge is 0.489 e. The molecule has 0 aliphatic rings. The molecule has 0 aliphatic heterocycles. The standard InChI is InChI=1S/C13H17NO4S/c1-3-8-18-12-6-4-5-11(10-12)14-13(15)7-9-19(2,16)17/h3-6,10H,1,7-9H2,2H3,(H,14,15). The predicted octanol–water partition coefficient (Wildman–Crippen LogP) is 1.62. The van der Waals surface area contributed by atoms with Crippen LogP contribution in [-0.4, -0.2) is 32.9 Å². The lowest BCUT2D eigenvalue weighted by Crippen LogP contribution is -2.16. The van der Waals surface area contributed by atoms with Crippen LogP contribution in [0.3, 0.4) is 0 Å². The van der Waals surface area contributed by atoms with Gasteiger partial charge >= 0.3 is 0 Å². The SMILES string of the molecule is C=CCOc1cccc(NC(=O)CCS(C)(=O)=O)c1. The van der Waals surface area contributed by atoms with Crippen LogP contribution in [-0.2, 0) is 14.6 Å². The highest BCUT2D eigenvalue weighted by atomic mass is 32.2. The monoisotopic (exact) mass is 283 g/mol. The van der Waals surface area contributed by atoms with E-state index in [4.69, 9.17) is 4.74 Å². The third-order valence-corrected chi connectivity index (χ3v) is 3.13. The smallest absolute Gasteiger partial charge is 0.225 e. The van der Waals surface area contributed by atoms with Gasteiger partial charge in [0, 0.05) is 24.4 Å². The Morgan fingerprint density at radius 2 is 2.21 bits per heavy atom. The molecule has 0 unspecified atom stereocenters. The first-order chi connectivity index (χ1) is 8.90. The van der Waals surface area contributed by atoms with Gasteiger partial charge in [-0.3, -0.25) is 4.79 Å². The number of amides is 1. The summed E-state index contributed by atoms with van der Waals surface area (Å²) in [5.41, 5.74) is 0.570. The van der Waals surface area contributed by atoms with Crippen molar-refractivity contribution in [3.8, 4) is 5.75 Å². The van der Waals surface area contributed by atoms with Crippen molar-refractivity contribution in [3.63, 3.8) is 0 Å². The summed E-state index contributed by atoms with van der Waals surface area (Å²) in [4.78, 5) is 11.6. The third kappa shape index (κ3) is 6.61. The number of nitrogens with one attached hydrogen (secondary N) is 1. The molecule has 0 heterocycles. The molecule has 0 fully saturated rings. The Morgan fingerprint density at radius 3 is 2.84 bits per heavy atom. The van der Waals surface area contributed by atoms with E-state index in [1.165, 1.54) is 0 Å². The van der Waals surface area contributed by atoms with Crippen LogP contribution in [0, 0.1) is 0 Å². The van der Waals surface area contributed by atoms with Gasteiger partial charge in [-0.25, -0.2) is 8.42 Å². The molecule has 1 N–H and O–H groups in total. The van der Waals surface area contributed by atoms with E-state index in [0.717, 1.165) is 6.26 Å². The van der Waals surface area contributed by atoms with Crippen LogP contribution in [0.2, 0.25) is 0 Å². The second-order valence-corrected chi connectivity index (χ2v) is 6.32. The maximum absolute atomic E-state index is 11.6. The van der Waals surface area contributed by atoms with Gasteiger partial charge in [-0.15, -0.1) is 0 Å². The minimum Gasteiger partial charge on any atom is -0.489 e. The van der Waals surface area contributed by atoms with Gasteiger partial charge in [0.05, 0.1) is 5.75 Å². The van der Waals surface area contributed by atoms with Gasteiger partial charge in [-0.1, -0.05) is 18.7 Å². The Labute approximate surface area is 113 Å². The van der Waals surface area contributed by atoms with Crippen molar-refractivity contribution in [2.45, 2.75) is 6.42 Å². The van der Waals surface area contributed by atoms with Crippen molar-refractivity contribution < 1.29 is 17.9 Å². The molecule has 0 saturated heterocycles. The molecule has 1 amide bonds. The number of rotatable bonds is 7. The van der Waals surface area contributed by atoms with E-state index in [-0.39, 0.29) is 18.1 Å². The number of sulfone groups is 1. The van der Waals surface area contributed by atoms with Gasteiger partial charge in [0.15, 0.2) is 0 Å². The van der Waals surface area contributed by atoms with Crippen LogP contribution in [0.5, 0.6) is 5.75 Å². The number of anilines is 1. The van der Waals surface area contributed by atoms with Gasteiger partial charge in [-0.05, 0) is 12.1 Å². The van der Waals surface area contributed by atoms with Crippen LogP contribution in [0.25, 0.3) is 0 Å². The molecular formula is C13H17NO4S. The van der Waals surface area contributed by atoms with Gasteiger partial charge < -0.3 is 10.1 Å². The molecule has 0 bridgehead atoms. The van der Waals surface area contributed by atoms with E-state index in [1.807, 2.05) is 0 Å². The molecule has 0 aromatic heterocycles. The molecule has 6 heteroatoms. The zero-order valence-corrected chi connectivity index (χ0v) is 11.6.